The topological polar surface area (TPSA) is 286 Å². The van der Waals surface area contributed by atoms with Crippen molar-refractivity contribution in [1.29, 1.82) is 0 Å². The van der Waals surface area contributed by atoms with Crippen molar-refractivity contribution >= 4 is 29.7 Å². The number of hydrogen-bond acceptors (Lipinski definition) is 11. The predicted octanol–water partition coefficient (Wildman–Crippen LogP) is -3.76. The minimum atomic E-state index is -1.47. The van der Waals surface area contributed by atoms with Crippen molar-refractivity contribution in [2.75, 3.05) is 6.61 Å². The normalized spacial score (nSPS) is 26.3. The van der Waals surface area contributed by atoms with E-state index in [1.165, 1.54) is 13.8 Å². The second-order valence-corrected chi connectivity index (χ2v) is 7.78. The van der Waals surface area contributed by atoms with E-state index in [1.54, 1.807) is 0 Å². The maximum absolute atomic E-state index is 11.9. The van der Waals surface area contributed by atoms with Crippen molar-refractivity contribution < 1.29 is 59.0 Å². The molecule has 35 heavy (non-hydrogen) atoms. The number of ether oxygens (including phenoxy) is 2. The van der Waals surface area contributed by atoms with Gasteiger partial charge in [0.2, 0.25) is 11.8 Å². The average molecular weight is 510 g/mol. The Bertz CT molecular complexity index is 766. The fourth-order valence-corrected chi connectivity index (χ4v) is 3.03. The lowest BCUT2D eigenvalue weighted by Gasteiger charge is -2.47. The van der Waals surface area contributed by atoms with Crippen LogP contribution in [0.2, 0.25) is 0 Å². The summed E-state index contributed by atoms with van der Waals surface area (Å²) in [6.45, 7) is 2.92. The molecule has 0 aromatic rings. The van der Waals surface area contributed by atoms with E-state index in [0.29, 0.717) is 0 Å². The van der Waals surface area contributed by atoms with Crippen LogP contribution in [0.15, 0.2) is 0 Å². The van der Waals surface area contributed by atoms with Crippen LogP contribution in [-0.2, 0) is 33.4 Å². The summed E-state index contributed by atoms with van der Waals surface area (Å²) >= 11 is 0. The zero-order valence-corrected chi connectivity index (χ0v) is 19.5. The Labute approximate surface area is 200 Å². The van der Waals surface area contributed by atoms with Gasteiger partial charge in [0.15, 0.2) is 12.3 Å². The molecule has 1 saturated heterocycles. The molecule has 2 amide bonds. The van der Waals surface area contributed by atoms with Gasteiger partial charge in [0.25, 0.3) is 0 Å². The SMILES string of the molecule is CC(=O)N(C(C)C(=O)O)C1O[C@H](CO)[C@@H](O)[C@H](OC(C)C(=O)O)[C@H]1N.NC(=O)C(N)CCC(=O)O. The Kier molecular flexibility index (Phi) is 13.3. The van der Waals surface area contributed by atoms with Gasteiger partial charge in [-0.25, -0.2) is 9.59 Å². The van der Waals surface area contributed by atoms with Crippen LogP contribution in [0.3, 0.4) is 0 Å². The van der Waals surface area contributed by atoms with E-state index in [-0.39, 0.29) is 12.8 Å². The number of hydrogen-bond donors (Lipinski definition) is 8. The molecule has 1 heterocycles. The number of amides is 2. The van der Waals surface area contributed by atoms with Gasteiger partial charge in [-0.2, -0.15) is 0 Å². The number of rotatable bonds is 11. The largest absolute Gasteiger partial charge is 0.481 e. The van der Waals surface area contributed by atoms with Crippen molar-refractivity contribution in [2.45, 2.75) is 82.4 Å². The van der Waals surface area contributed by atoms with Crippen molar-refractivity contribution in [3.63, 3.8) is 0 Å². The number of nitrogens with two attached hydrogens (primary N) is 3. The van der Waals surface area contributed by atoms with Crippen molar-refractivity contribution in [1.82, 2.24) is 4.90 Å². The van der Waals surface area contributed by atoms with Gasteiger partial charge in [-0.3, -0.25) is 14.4 Å². The lowest BCUT2D eigenvalue weighted by atomic mass is 9.95. The second kappa shape index (κ2) is 14.5. The summed E-state index contributed by atoms with van der Waals surface area (Å²) < 4.78 is 10.7. The van der Waals surface area contributed by atoms with E-state index in [4.69, 9.17) is 36.9 Å². The van der Waals surface area contributed by atoms with Crippen molar-refractivity contribution in [3.05, 3.63) is 0 Å². The fourth-order valence-electron chi connectivity index (χ4n) is 3.03. The Balaban J connectivity index is 0.000000972. The highest BCUT2D eigenvalue weighted by Gasteiger charge is 2.49. The van der Waals surface area contributed by atoms with Crippen LogP contribution in [0, 0.1) is 0 Å². The Morgan fingerprint density at radius 3 is 2.00 bits per heavy atom. The van der Waals surface area contributed by atoms with E-state index in [9.17, 15) is 39.3 Å². The van der Waals surface area contributed by atoms with Crippen molar-refractivity contribution in [3.8, 4) is 0 Å². The average Bonchev–Trinajstić information content (AvgIpc) is 2.76. The van der Waals surface area contributed by atoms with Gasteiger partial charge in [-0.05, 0) is 20.3 Å². The van der Waals surface area contributed by atoms with Gasteiger partial charge in [0.05, 0.1) is 18.7 Å². The molecule has 0 radical (unpaired) electrons. The highest BCUT2D eigenvalue weighted by Crippen LogP contribution is 2.27. The van der Waals surface area contributed by atoms with E-state index in [0.717, 1.165) is 11.8 Å². The Hall–Kier alpha value is -2.89. The molecule has 11 N–H and O–H groups in total. The highest BCUT2D eigenvalue weighted by atomic mass is 16.6. The van der Waals surface area contributed by atoms with Crippen LogP contribution in [0.25, 0.3) is 0 Å². The zero-order valence-electron chi connectivity index (χ0n) is 19.5. The molecule has 0 aliphatic carbocycles. The summed E-state index contributed by atoms with van der Waals surface area (Å²) in [5.41, 5.74) is 15.9. The van der Waals surface area contributed by atoms with Crippen LogP contribution in [0.5, 0.6) is 0 Å². The summed E-state index contributed by atoms with van der Waals surface area (Å²) in [6.07, 6.45) is -6.69. The number of aliphatic hydroxyl groups is 2. The molecule has 16 nitrogen and oxygen atoms in total. The zero-order chi connectivity index (χ0) is 27.6. The molecule has 0 saturated carbocycles. The van der Waals surface area contributed by atoms with E-state index < -0.39 is 85.1 Å². The highest BCUT2D eigenvalue weighted by molar-refractivity contribution is 5.82. The molecule has 4 unspecified atom stereocenters. The summed E-state index contributed by atoms with van der Waals surface area (Å²) in [7, 11) is 0. The van der Waals surface area contributed by atoms with Crippen LogP contribution in [0.1, 0.15) is 33.6 Å². The number of aliphatic hydroxyl groups excluding tert-OH is 2. The molecule has 0 bridgehead atoms. The maximum atomic E-state index is 11.9. The summed E-state index contributed by atoms with van der Waals surface area (Å²) in [5.74, 6) is -4.91. The van der Waals surface area contributed by atoms with Crippen LogP contribution >= 0.6 is 0 Å². The molecule has 0 spiro atoms. The summed E-state index contributed by atoms with van der Waals surface area (Å²) in [6, 6.07) is -3.39. The molecule has 1 aliphatic heterocycles. The lowest BCUT2D eigenvalue weighted by Crippen LogP contribution is -2.69. The molecule has 1 rings (SSSR count). The second-order valence-electron chi connectivity index (χ2n) is 7.78. The van der Waals surface area contributed by atoms with Gasteiger partial charge in [0.1, 0.15) is 24.4 Å². The number of carbonyl (C=O) groups is 5. The number of carboxylic acid groups (broad SMARTS) is 3. The standard InChI is InChI=1S/C14H24N2O9.C5H10N2O3/c1-5(13(20)21)16(7(3)18)12-9(15)11(24-6(2)14(22)23)10(19)8(4-17)25-12;6-3(5(7)10)1-2-4(8)9/h5-6,8-12,17,19H,4,15H2,1-3H3,(H,20,21)(H,22,23);3H,1-2,6H2,(H2,7,10)(H,8,9)/t5?,6?,8-,9-,10-,11-,12?;/m1./s1. The Morgan fingerprint density at radius 2 is 1.63 bits per heavy atom. The first kappa shape index (κ1) is 32.1. The van der Waals surface area contributed by atoms with Gasteiger partial charge >= 0.3 is 17.9 Å². The summed E-state index contributed by atoms with van der Waals surface area (Å²) in [5, 5.41) is 45.9. The first-order chi connectivity index (χ1) is 16.1. The number of primary amides is 1. The van der Waals surface area contributed by atoms with Crippen LogP contribution in [0.4, 0.5) is 0 Å². The molecular weight excluding hydrogens is 476 g/mol. The molecule has 16 heteroatoms. The molecule has 8 atom stereocenters. The van der Waals surface area contributed by atoms with Crippen LogP contribution < -0.4 is 17.2 Å². The third kappa shape index (κ3) is 9.71. The number of nitrogens with zero attached hydrogens (tertiary/aromatic N) is 1. The van der Waals surface area contributed by atoms with Crippen molar-refractivity contribution in [2.24, 2.45) is 17.2 Å². The maximum Gasteiger partial charge on any atom is 0.332 e. The molecular formula is C19H34N4O12. The van der Waals surface area contributed by atoms with E-state index in [1.807, 2.05) is 0 Å². The smallest absolute Gasteiger partial charge is 0.332 e. The number of carboxylic acids is 3. The number of aliphatic carboxylic acids is 3. The number of carbonyl (C=O) groups excluding carboxylic acids is 2. The van der Waals surface area contributed by atoms with Gasteiger partial charge in [-0.15, -0.1) is 0 Å². The van der Waals surface area contributed by atoms with Gasteiger partial charge in [-0.1, -0.05) is 0 Å². The molecule has 1 fully saturated rings. The van der Waals surface area contributed by atoms with Gasteiger partial charge < -0.3 is 57.1 Å². The van der Waals surface area contributed by atoms with Gasteiger partial charge in [0, 0.05) is 13.3 Å². The minimum absolute atomic E-state index is 0.102. The molecule has 1 aliphatic rings. The van der Waals surface area contributed by atoms with Crippen LogP contribution in [-0.4, -0.2) is 116 Å². The van der Waals surface area contributed by atoms with E-state index in [2.05, 4.69) is 0 Å². The Morgan fingerprint density at radius 1 is 1.09 bits per heavy atom. The van der Waals surface area contributed by atoms with E-state index >= 15 is 0 Å². The third-order valence-corrected chi connectivity index (χ3v) is 5.08. The summed E-state index contributed by atoms with van der Waals surface area (Å²) in [4.78, 5) is 55.1. The molecule has 0 aromatic carbocycles. The molecule has 202 valence electrons. The minimum Gasteiger partial charge on any atom is -0.481 e. The predicted molar refractivity (Wildman–Crippen MR) is 115 cm³/mol. The lowest BCUT2D eigenvalue weighted by molar-refractivity contribution is -0.246. The monoisotopic (exact) mass is 510 g/mol. The quantitative estimate of drug-likeness (QED) is 0.132. The first-order valence-electron chi connectivity index (χ1n) is 10.4. The fraction of sp³-hybridized carbons (Fsp3) is 0.737. The third-order valence-electron chi connectivity index (χ3n) is 5.08. The molecule has 0 aromatic heterocycles. The first-order valence-corrected chi connectivity index (χ1v) is 10.4.